The Morgan fingerprint density at radius 2 is 1.87 bits per heavy atom. The molecule has 0 saturated heterocycles. The highest BCUT2D eigenvalue weighted by Crippen LogP contribution is 2.39. The summed E-state index contributed by atoms with van der Waals surface area (Å²) >= 11 is 1.28. The van der Waals surface area contributed by atoms with Crippen molar-refractivity contribution in [3.8, 4) is 0 Å². The van der Waals surface area contributed by atoms with Crippen LogP contribution < -0.4 is 0 Å². The molecule has 1 heterocycles. The summed E-state index contributed by atoms with van der Waals surface area (Å²) in [5, 5.41) is 29.8. The first-order valence-electron chi connectivity index (χ1n) is 11.0. The molecule has 3 rings (SSSR count). The molecule has 0 fully saturated rings. The van der Waals surface area contributed by atoms with Crippen LogP contribution in [0.2, 0.25) is 0 Å². The van der Waals surface area contributed by atoms with Crippen LogP contribution in [0.15, 0.2) is 42.2 Å². The first kappa shape index (κ1) is 23.2. The largest absolute Gasteiger partial charge is 0.504 e. The van der Waals surface area contributed by atoms with E-state index in [0.717, 1.165) is 60.9 Å². The first-order valence-corrected chi connectivity index (χ1v) is 11.8. The molecule has 0 radical (unpaired) electrons. The number of rotatable bonds is 11. The van der Waals surface area contributed by atoms with Gasteiger partial charge in [0.25, 0.3) is 0 Å². The van der Waals surface area contributed by atoms with Crippen LogP contribution in [0, 0.1) is 5.92 Å². The van der Waals surface area contributed by atoms with Crippen molar-refractivity contribution in [2.75, 3.05) is 0 Å². The normalized spacial score (nSPS) is 17.4. The third-order valence-electron chi connectivity index (χ3n) is 5.90. The van der Waals surface area contributed by atoms with E-state index in [1.54, 1.807) is 6.07 Å². The number of hydrogen-bond acceptors (Lipinski definition) is 5. The van der Waals surface area contributed by atoms with Crippen LogP contribution in [0.4, 0.5) is 0 Å². The van der Waals surface area contributed by atoms with Gasteiger partial charge in [-0.2, -0.15) is 0 Å². The van der Waals surface area contributed by atoms with Crippen LogP contribution in [0.25, 0.3) is 5.57 Å². The summed E-state index contributed by atoms with van der Waals surface area (Å²) in [6.07, 6.45) is 6.03. The van der Waals surface area contributed by atoms with Crippen molar-refractivity contribution in [2.45, 2.75) is 64.4 Å². The zero-order chi connectivity index (χ0) is 22.4. The van der Waals surface area contributed by atoms with Gasteiger partial charge in [-0.15, -0.1) is 11.3 Å². The number of carbonyl (C=O) groups excluding carboxylic acids is 1. The van der Waals surface area contributed by atoms with Crippen molar-refractivity contribution < 1.29 is 24.9 Å². The van der Waals surface area contributed by atoms with Crippen molar-refractivity contribution >= 4 is 28.7 Å². The average Bonchev–Trinajstić information content (AvgIpc) is 3.33. The average molecular weight is 443 g/mol. The van der Waals surface area contributed by atoms with Crippen molar-refractivity contribution in [3.63, 3.8) is 0 Å². The van der Waals surface area contributed by atoms with Crippen LogP contribution in [-0.4, -0.2) is 27.1 Å². The van der Waals surface area contributed by atoms with Gasteiger partial charge in [-0.25, -0.2) is 4.79 Å². The molecule has 1 aliphatic rings. The monoisotopic (exact) mass is 442 g/mol. The lowest BCUT2D eigenvalue weighted by Crippen LogP contribution is -2.02. The van der Waals surface area contributed by atoms with Gasteiger partial charge in [0, 0.05) is 16.9 Å². The number of aryl methyl sites for hydroxylation is 1. The van der Waals surface area contributed by atoms with Gasteiger partial charge in [-0.3, -0.25) is 4.79 Å². The van der Waals surface area contributed by atoms with Crippen LogP contribution in [0.5, 0.6) is 0 Å². The molecule has 166 valence electrons. The van der Waals surface area contributed by atoms with Gasteiger partial charge in [-0.1, -0.05) is 50.5 Å². The summed E-state index contributed by atoms with van der Waals surface area (Å²) < 4.78 is 0. The smallest absolute Gasteiger partial charge is 0.345 e. The molecule has 0 aliphatic heterocycles. The molecule has 1 aliphatic carbocycles. The van der Waals surface area contributed by atoms with Gasteiger partial charge < -0.3 is 15.3 Å². The molecule has 0 amide bonds. The molecule has 5 nitrogen and oxygen atoms in total. The number of carboxylic acid groups (broad SMARTS) is 1. The fourth-order valence-corrected chi connectivity index (χ4v) is 5.06. The van der Waals surface area contributed by atoms with Gasteiger partial charge in [-0.05, 0) is 54.9 Å². The van der Waals surface area contributed by atoms with Gasteiger partial charge in [0.1, 0.15) is 4.88 Å². The number of aromatic carboxylic acids is 1. The lowest BCUT2D eigenvalue weighted by atomic mass is 9.89. The van der Waals surface area contributed by atoms with E-state index in [1.165, 1.54) is 11.3 Å². The van der Waals surface area contributed by atoms with Crippen LogP contribution >= 0.6 is 11.3 Å². The Balaban J connectivity index is 1.63. The molecule has 2 atom stereocenters. The molecule has 1 aromatic heterocycles. The molecule has 1 aromatic carbocycles. The Morgan fingerprint density at radius 1 is 1.13 bits per heavy atom. The summed E-state index contributed by atoms with van der Waals surface area (Å²) in [5.74, 6) is -1.34. The number of aliphatic hydroxyl groups is 2. The van der Waals surface area contributed by atoms with Gasteiger partial charge >= 0.3 is 5.97 Å². The first-order chi connectivity index (χ1) is 14.9. The van der Waals surface area contributed by atoms with E-state index in [-0.39, 0.29) is 17.5 Å². The number of aliphatic hydroxyl groups excluding tert-OH is 2. The lowest BCUT2D eigenvalue weighted by molar-refractivity contribution is -0.117. The fraction of sp³-hybridized carbons (Fsp3) is 0.440. The van der Waals surface area contributed by atoms with Gasteiger partial charge in [0.05, 0.1) is 6.10 Å². The summed E-state index contributed by atoms with van der Waals surface area (Å²) in [6.45, 7) is 2.13. The Bertz CT molecular complexity index is 941. The second-order valence-corrected chi connectivity index (χ2v) is 9.35. The molecule has 2 aromatic rings. The maximum atomic E-state index is 12.2. The molecule has 31 heavy (non-hydrogen) atoms. The lowest BCUT2D eigenvalue weighted by Gasteiger charge is -2.16. The number of carboxylic acids is 1. The molecule has 0 saturated carbocycles. The second-order valence-electron chi connectivity index (χ2n) is 8.18. The number of Topliss-reactive ketones (excluding diaryl/α,β-unsaturated/α-hetero) is 1. The van der Waals surface area contributed by atoms with Crippen LogP contribution in [0.1, 0.15) is 83.6 Å². The fourth-order valence-electron chi connectivity index (χ4n) is 4.17. The third-order valence-corrected chi connectivity index (χ3v) is 7.03. The Hall–Kier alpha value is -2.44. The Kier molecular flexibility index (Phi) is 8.04. The molecular weight excluding hydrogens is 412 g/mol. The van der Waals surface area contributed by atoms with Crippen molar-refractivity contribution in [1.82, 2.24) is 0 Å². The van der Waals surface area contributed by atoms with E-state index in [1.807, 2.05) is 30.3 Å². The van der Waals surface area contributed by atoms with Gasteiger partial charge in [0.2, 0.25) is 0 Å². The van der Waals surface area contributed by atoms with E-state index in [0.29, 0.717) is 16.9 Å². The zero-order valence-corrected chi connectivity index (χ0v) is 18.7. The minimum Gasteiger partial charge on any atom is -0.504 e. The molecule has 0 bridgehead atoms. The van der Waals surface area contributed by atoms with E-state index >= 15 is 0 Å². The minimum atomic E-state index is -0.910. The van der Waals surface area contributed by atoms with E-state index in [9.17, 15) is 19.8 Å². The van der Waals surface area contributed by atoms with E-state index in [4.69, 9.17) is 5.11 Å². The number of hydrogen-bond donors (Lipinski definition) is 3. The molecule has 1 unspecified atom stereocenters. The van der Waals surface area contributed by atoms with Crippen molar-refractivity contribution in [1.29, 1.82) is 0 Å². The quantitative estimate of drug-likeness (QED) is 0.374. The van der Waals surface area contributed by atoms with E-state index in [2.05, 4.69) is 6.92 Å². The number of thiophene rings is 1. The number of allylic oxidation sites excluding steroid dienone is 2. The van der Waals surface area contributed by atoms with Gasteiger partial charge in [0.15, 0.2) is 11.5 Å². The predicted molar refractivity (Wildman–Crippen MR) is 122 cm³/mol. The molecule has 6 heteroatoms. The molecule has 3 N–H and O–H groups in total. The predicted octanol–water partition coefficient (Wildman–Crippen LogP) is 5.94. The maximum absolute atomic E-state index is 12.2. The summed E-state index contributed by atoms with van der Waals surface area (Å²) in [7, 11) is 0. The number of ketones is 1. The van der Waals surface area contributed by atoms with Crippen molar-refractivity contribution in [2.24, 2.45) is 5.92 Å². The maximum Gasteiger partial charge on any atom is 0.345 e. The zero-order valence-electron chi connectivity index (χ0n) is 17.8. The second kappa shape index (κ2) is 10.7. The van der Waals surface area contributed by atoms with E-state index < -0.39 is 12.1 Å². The summed E-state index contributed by atoms with van der Waals surface area (Å²) in [5.41, 5.74) is 2.37. The highest BCUT2D eigenvalue weighted by molar-refractivity contribution is 7.13. The van der Waals surface area contributed by atoms with Crippen LogP contribution in [0.3, 0.4) is 0 Å². The SMILES string of the molecule is CCCCC[C@H](O)c1ccc(C2=C(O)C(=O)CC2CCCc2ccc(C(=O)O)s2)cc1. The standard InChI is InChI=1S/C25H30O5S/c1-2-3-4-8-20(26)16-9-11-17(12-10-16)23-18(15-21(27)24(23)28)6-5-7-19-13-14-22(31-19)25(29)30/h9-14,18,20,26,28H,2-8,15H2,1H3,(H,29,30)/t18?,20-/m0/s1. The third kappa shape index (κ3) is 5.83. The molecular formula is C25H30O5S. The summed E-state index contributed by atoms with van der Waals surface area (Å²) in [6, 6.07) is 11.0. The number of benzene rings is 1. The minimum absolute atomic E-state index is 0.0493. The number of carbonyl (C=O) groups is 2. The highest BCUT2D eigenvalue weighted by atomic mass is 32.1. The Morgan fingerprint density at radius 3 is 2.52 bits per heavy atom. The Labute approximate surface area is 187 Å². The van der Waals surface area contributed by atoms with Crippen LogP contribution in [-0.2, 0) is 11.2 Å². The summed E-state index contributed by atoms with van der Waals surface area (Å²) in [4.78, 5) is 24.6. The molecule has 0 spiro atoms. The van der Waals surface area contributed by atoms with Crippen molar-refractivity contribution in [3.05, 3.63) is 63.0 Å². The topological polar surface area (TPSA) is 94.8 Å². The highest BCUT2D eigenvalue weighted by Gasteiger charge is 2.32. The number of unbranched alkanes of at least 4 members (excludes halogenated alkanes) is 2.